The minimum absolute atomic E-state index is 0.000971. The van der Waals surface area contributed by atoms with Gasteiger partial charge in [0.1, 0.15) is 11.5 Å². The Hall–Kier alpha value is -3.56. The minimum atomic E-state index is 0.000971. The lowest BCUT2D eigenvalue weighted by Gasteiger charge is -2.13. The smallest absolute Gasteiger partial charge is 0.330 e. The summed E-state index contributed by atoms with van der Waals surface area (Å²) in [5, 5.41) is 3.91. The predicted octanol–water partition coefficient (Wildman–Crippen LogP) is 5.23. The van der Waals surface area contributed by atoms with E-state index < -0.39 is 0 Å². The van der Waals surface area contributed by atoms with Crippen LogP contribution < -0.4 is 19.5 Å². The van der Waals surface area contributed by atoms with Gasteiger partial charge in [0.25, 0.3) is 0 Å². The number of hydrogen-bond donors (Lipinski definition) is 1. The van der Waals surface area contributed by atoms with Gasteiger partial charge in [0.2, 0.25) is 5.95 Å². The average Bonchev–Trinajstić information content (AvgIpc) is 3.21. The normalized spacial score (nSPS) is 10.7. The van der Waals surface area contributed by atoms with E-state index in [0.717, 1.165) is 11.4 Å². The predicted molar refractivity (Wildman–Crippen MR) is 121 cm³/mol. The van der Waals surface area contributed by atoms with Crippen molar-refractivity contribution in [2.45, 2.75) is 6.92 Å². The summed E-state index contributed by atoms with van der Waals surface area (Å²) in [6, 6.07) is 10.5. The van der Waals surface area contributed by atoms with E-state index >= 15 is 0 Å². The maximum atomic E-state index is 6.18. The molecule has 11 heteroatoms. The van der Waals surface area contributed by atoms with Gasteiger partial charge in [0.05, 0.1) is 37.0 Å². The number of rotatable bonds is 7. The van der Waals surface area contributed by atoms with Crippen molar-refractivity contribution in [3.8, 4) is 29.2 Å². The third kappa shape index (κ3) is 4.84. The van der Waals surface area contributed by atoms with E-state index in [2.05, 4.69) is 25.3 Å². The molecule has 0 fully saturated rings. The fourth-order valence-corrected chi connectivity index (χ4v) is 3.28. The Morgan fingerprint density at radius 2 is 1.72 bits per heavy atom. The maximum absolute atomic E-state index is 6.18. The Morgan fingerprint density at radius 1 is 0.906 bits per heavy atom. The van der Waals surface area contributed by atoms with E-state index in [9.17, 15) is 0 Å². The standard InChI is InChI=1S/C21H18Cl2N6O3/c1-12-10-29(11-24-12)16-6-5-14(9-18(16)30-2)25-19-26-20(31-3)28-21(27-19)32-17-7-4-13(22)8-15(17)23/h4-11H,1-3H3,(H,25,26,27,28). The van der Waals surface area contributed by atoms with Crippen LogP contribution in [0.4, 0.5) is 11.6 Å². The van der Waals surface area contributed by atoms with Gasteiger partial charge in [-0.1, -0.05) is 23.2 Å². The van der Waals surface area contributed by atoms with Crippen molar-refractivity contribution in [3.05, 3.63) is 64.7 Å². The molecule has 1 N–H and O–H groups in total. The van der Waals surface area contributed by atoms with Gasteiger partial charge >= 0.3 is 12.0 Å². The highest BCUT2D eigenvalue weighted by molar-refractivity contribution is 6.35. The molecule has 0 saturated carbocycles. The molecular formula is C21H18Cl2N6O3. The molecule has 0 aliphatic rings. The monoisotopic (exact) mass is 472 g/mol. The lowest BCUT2D eigenvalue weighted by Crippen LogP contribution is -2.04. The number of nitrogens with zero attached hydrogens (tertiary/aromatic N) is 5. The second-order valence-electron chi connectivity index (χ2n) is 6.54. The van der Waals surface area contributed by atoms with Crippen molar-refractivity contribution in [2.24, 2.45) is 0 Å². The number of nitrogens with one attached hydrogen (secondary N) is 1. The summed E-state index contributed by atoms with van der Waals surface area (Å²) in [5.41, 5.74) is 2.43. The third-order valence-electron chi connectivity index (χ3n) is 4.30. The number of imidazole rings is 1. The molecule has 0 bridgehead atoms. The molecule has 0 spiro atoms. The first kappa shape index (κ1) is 21.7. The molecule has 164 valence electrons. The van der Waals surface area contributed by atoms with E-state index in [0.29, 0.717) is 27.2 Å². The average molecular weight is 473 g/mol. The molecule has 2 aromatic carbocycles. The first-order valence-electron chi connectivity index (χ1n) is 9.34. The lowest BCUT2D eigenvalue weighted by molar-refractivity contribution is 0.360. The van der Waals surface area contributed by atoms with Gasteiger partial charge in [-0.2, -0.15) is 9.97 Å². The zero-order chi connectivity index (χ0) is 22.7. The molecule has 0 saturated heterocycles. The first-order chi connectivity index (χ1) is 15.4. The van der Waals surface area contributed by atoms with Crippen LogP contribution in [0.25, 0.3) is 5.69 Å². The zero-order valence-electron chi connectivity index (χ0n) is 17.3. The molecule has 4 rings (SSSR count). The molecule has 0 unspecified atom stereocenters. The number of halogens is 2. The Labute approximate surface area is 193 Å². The van der Waals surface area contributed by atoms with Crippen molar-refractivity contribution >= 4 is 34.8 Å². The number of anilines is 2. The molecule has 4 aromatic rings. The molecule has 0 atom stereocenters. The van der Waals surface area contributed by atoms with E-state index in [1.54, 1.807) is 31.6 Å². The Bertz CT molecular complexity index is 1260. The van der Waals surface area contributed by atoms with Crippen LogP contribution >= 0.6 is 23.2 Å². The van der Waals surface area contributed by atoms with Gasteiger partial charge in [-0.25, -0.2) is 4.98 Å². The number of aromatic nitrogens is 5. The Morgan fingerprint density at radius 3 is 2.41 bits per heavy atom. The zero-order valence-corrected chi connectivity index (χ0v) is 18.8. The van der Waals surface area contributed by atoms with Gasteiger partial charge in [0.15, 0.2) is 0 Å². The lowest BCUT2D eigenvalue weighted by atomic mass is 10.2. The van der Waals surface area contributed by atoms with Gasteiger partial charge in [-0.15, -0.1) is 4.98 Å². The maximum Gasteiger partial charge on any atom is 0.330 e. The highest BCUT2D eigenvalue weighted by atomic mass is 35.5. The largest absolute Gasteiger partial charge is 0.494 e. The summed E-state index contributed by atoms with van der Waals surface area (Å²) in [4.78, 5) is 16.9. The topological polar surface area (TPSA) is 96.2 Å². The van der Waals surface area contributed by atoms with Gasteiger partial charge in [-0.05, 0) is 37.3 Å². The molecule has 0 radical (unpaired) electrons. The van der Waals surface area contributed by atoms with Crippen LogP contribution in [0.3, 0.4) is 0 Å². The molecule has 0 aliphatic heterocycles. The van der Waals surface area contributed by atoms with Crippen molar-refractivity contribution in [2.75, 3.05) is 19.5 Å². The number of methoxy groups -OCH3 is 2. The van der Waals surface area contributed by atoms with E-state index in [-0.39, 0.29) is 18.0 Å². The fraction of sp³-hybridized carbons (Fsp3) is 0.143. The molecule has 2 aromatic heterocycles. The van der Waals surface area contributed by atoms with Crippen LogP contribution in [-0.4, -0.2) is 38.7 Å². The quantitative estimate of drug-likeness (QED) is 0.390. The second-order valence-corrected chi connectivity index (χ2v) is 7.38. The van der Waals surface area contributed by atoms with E-state index in [1.165, 1.54) is 7.11 Å². The molecule has 2 heterocycles. The van der Waals surface area contributed by atoms with Crippen LogP contribution in [0.2, 0.25) is 10.0 Å². The van der Waals surface area contributed by atoms with Gasteiger partial charge in [-0.3, -0.25) is 0 Å². The van der Waals surface area contributed by atoms with E-state index in [4.69, 9.17) is 37.4 Å². The van der Waals surface area contributed by atoms with Crippen molar-refractivity contribution < 1.29 is 14.2 Å². The van der Waals surface area contributed by atoms with Crippen molar-refractivity contribution in [1.29, 1.82) is 0 Å². The fourth-order valence-electron chi connectivity index (χ4n) is 2.84. The van der Waals surface area contributed by atoms with Crippen LogP contribution in [-0.2, 0) is 0 Å². The van der Waals surface area contributed by atoms with Gasteiger partial charge in [0, 0.05) is 23.0 Å². The van der Waals surface area contributed by atoms with Gasteiger partial charge < -0.3 is 24.1 Å². The Balaban J connectivity index is 1.61. The molecule has 0 amide bonds. The SMILES string of the molecule is COc1nc(Nc2ccc(-n3cnc(C)c3)c(OC)c2)nc(Oc2ccc(Cl)cc2Cl)n1. The summed E-state index contributed by atoms with van der Waals surface area (Å²) in [5.74, 6) is 1.19. The van der Waals surface area contributed by atoms with Crippen LogP contribution in [0.15, 0.2) is 48.9 Å². The number of hydrogen-bond acceptors (Lipinski definition) is 8. The van der Waals surface area contributed by atoms with E-state index in [1.807, 2.05) is 35.9 Å². The summed E-state index contributed by atoms with van der Waals surface area (Å²) < 4.78 is 18.3. The summed E-state index contributed by atoms with van der Waals surface area (Å²) in [7, 11) is 3.04. The second kappa shape index (κ2) is 9.29. The molecular weight excluding hydrogens is 455 g/mol. The summed E-state index contributed by atoms with van der Waals surface area (Å²) in [6.07, 6.45) is 3.63. The number of ether oxygens (including phenoxy) is 3. The van der Waals surface area contributed by atoms with Crippen molar-refractivity contribution in [1.82, 2.24) is 24.5 Å². The summed E-state index contributed by atoms with van der Waals surface area (Å²) in [6.45, 7) is 1.92. The van der Waals surface area contributed by atoms with Crippen LogP contribution in [0.1, 0.15) is 5.69 Å². The van der Waals surface area contributed by atoms with Crippen LogP contribution in [0.5, 0.6) is 23.5 Å². The summed E-state index contributed by atoms with van der Waals surface area (Å²) >= 11 is 12.1. The number of benzene rings is 2. The first-order valence-corrected chi connectivity index (χ1v) is 10.1. The highest BCUT2D eigenvalue weighted by Crippen LogP contribution is 2.32. The Kier molecular flexibility index (Phi) is 6.29. The van der Waals surface area contributed by atoms with Crippen LogP contribution in [0, 0.1) is 6.92 Å². The number of aryl methyl sites for hydroxylation is 1. The minimum Gasteiger partial charge on any atom is -0.494 e. The van der Waals surface area contributed by atoms with Crippen molar-refractivity contribution in [3.63, 3.8) is 0 Å². The highest BCUT2D eigenvalue weighted by Gasteiger charge is 2.13. The molecule has 0 aliphatic carbocycles. The molecule has 32 heavy (non-hydrogen) atoms. The third-order valence-corrected chi connectivity index (χ3v) is 4.83. The molecule has 9 nitrogen and oxygen atoms in total.